The quantitative estimate of drug-likeness (QED) is 0.196. The summed E-state index contributed by atoms with van der Waals surface area (Å²) in [4.78, 5) is 30.1. The second-order valence-electron chi connectivity index (χ2n) is 10.1. The van der Waals surface area contributed by atoms with Crippen LogP contribution in [0.4, 0.5) is 5.69 Å². The van der Waals surface area contributed by atoms with Crippen LogP contribution in [0.5, 0.6) is 0 Å². The number of carbonyl (C=O) groups is 2. The number of amides is 1. The molecule has 3 rings (SSSR count). The van der Waals surface area contributed by atoms with Crippen molar-refractivity contribution in [3.8, 4) is 0 Å². The number of carboxylic acid groups (broad SMARTS) is 1. The fourth-order valence-corrected chi connectivity index (χ4v) is 5.04. The Morgan fingerprint density at radius 3 is 2.59 bits per heavy atom. The van der Waals surface area contributed by atoms with Crippen LogP contribution in [0.25, 0.3) is 10.2 Å². The second kappa shape index (κ2) is 15.5. The van der Waals surface area contributed by atoms with E-state index in [0.717, 1.165) is 61.0 Å². The van der Waals surface area contributed by atoms with Gasteiger partial charge < -0.3 is 25.2 Å². The summed E-state index contributed by atoms with van der Waals surface area (Å²) in [6.07, 6.45) is 2.80. The first-order valence-electron chi connectivity index (χ1n) is 13.7. The van der Waals surface area contributed by atoms with Gasteiger partial charge in [-0.05, 0) is 87.3 Å². The van der Waals surface area contributed by atoms with E-state index in [1.165, 1.54) is 21.6 Å². The van der Waals surface area contributed by atoms with Crippen molar-refractivity contribution in [3.63, 3.8) is 0 Å². The van der Waals surface area contributed by atoms with Crippen molar-refractivity contribution in [2.24, 2.45) is 0 Å². The Hall–Kier alpha value is -3.01. The number of carboxylic acids is 1. The van der Waals surface area contributed by atoms with Crippen molar-refractivity contribution in [3.05, 3.63) is 58.6 Å². The Balaban J connectivity index is 1.34. The lowest BCUT2D eigenvalue weighted by atomic mass is 10.0. The number of aliphatic carboxylic acids is 1. The number of unbranched alkanes of at least 4 members (excludes halogenated alkanes) is 4. The van der Waals surface area contributed by atoms with E-state index in [9.17, 15) is 19.8 Å². The standard InChI is InChI=1S/C30H41N3O5S/c1-21-11-12-23(18-22(21)2)10-6-4-9-17-38-28(27(34)30(36)37)29(35)33(3)16-8-5-7-15-31-24-13-14-26-25(19-24)32-20-39-26/h11-14,18-20,27-28,31,34H,4-10,15-17H2,1-3H3,(H,36,37). The van der Waals surface area contributed by atoms with Crippen LogP contribution in [0.1, 0.15) is 55.2 Å². The normalized spacial score (nSPS) is 12.8. The van der Waals surface area contributed by atoms with E-state index >= 15 is 0 Å². The highest BCUT2D eigenvalue weighted by Crippen LogP contribution is 2.21. The highest BCUT2D eigenvalue weighted by molar-refractivity contribution is 7.16. The Morgan fingerprint density at radius 2 is 1.82 bits per heavy atom. The molecule has 0 bridgehead atoms. The summed E-state index contributed by atoms with van der Waals surface area (Å²) in [5.41, 5.74) is 7.72. The van der Waals surface area contributed by atoms with Gasteiger partial charge in [-0.15, -0.1) is 11.3 Å². The van der Waals surface area contributed by atoms with Gasteiger partial charge in [0.15, 0.2) is 12.2 Å². The minimum absolute atomic E-state index is 0.222. The Labute approximate surface area is 235 Å². The molecular formula is C30H41N3O5S. The molecule has 3 aromatic rings. The summed E-state index contributed by atoms with van der Waals surface area (Å²) in [5, 5.41) is 22.8. The van der Waals surface area contributed by atoms with Crippen LogP contribution in [0, 0.1) is 13.8 Å². The molecule has 212 valence electrons. The zero-order valence-electron chi connectivity index (χ0n) is 23.2. The van der Waals surface area contributed by atoms with E-state index < -0.39 is 24.1 Å². The highest BCUT2D eigenvalue weighted by atomic mass is 32.1. The average Bonchev–Trinajstić information content (AvgIpc) is 3.39. The van der Waals surface area contributed by atoms with Gasteiger partial charge >= 0.3 is 5.97 Å². The molecule has 3 N–H and O–H groups in total. The SMILES string of the molecule is Cc1ccc(CCCCCOC(C(=O)N(C)CCCCCNc2ccc3scnc3c2)C(O)C(=O)O)cc1C. The van der Waals surface area contributed by atoms with Gasteiger partial charge in [0.2, 0.25) is 0 Å². The number of carbonyl (C=O) groups excluding carboxylic acids is 1. The van der Waals surface area contributed by atoms with E-state index in [1.54, 1.807) is 18.4 Å². The fourth-order valence-electron chi connectivity index (χ4n) is 4.38. The number of aromatic nitrogens is 1. The summed E-state index contributed by atoms with van der Waals surface area (Å²) in [6.45, 7) is 5.70. The number of fused-ring (bicyclic) bond motifs is 1. The van der Waals surface area contributed by atoms with E-state index in [2.05, 4.69) is 48.4 Å². The van der Waals surface area contributed by atoms with Crippen LogP contribution in [-0.4, -0.2) is 70.9 Å². The number of hydrogen-bond donors (Lipinski definition) is 3. The topological polar surface area (TPSA) is 112 Å². The summed E-state index contributed by atoms with van der Waals surface area (Å²) in [6, 6.07) is 12.6. The molecule has 2 unspecified atom stereocenters. The van der Waals surface area contributed by atoms with Crippen LogP contribution in [0.2, 0.25) is 0 Å². The minimum atomic E-state index is -1.89. The fraction of sp³-hybridized carbons (Fsp3) is 0.500. The van der Waals surface area contributed by atoms with E-state index in [0.29, 0.717) is 13.0 Å². The molecule has 0 aliphatic carbocycles. The molecule has 0 saturated carbocycles. The largest absolute Gasteiger partial charge is 0.479 e. The van der Waals surface area contributed by atoms with E-state index in [1.807, 2.05) is 17.6 Å². The molecule has 1 amide bonds. The van der Waals surface area contributed by atoms with Crippen molar-refractivity contribution >= 4 is 39.1 Å². The zero-order valence-corrected chi connectivity index (χ0v) is 24.0. The van der Waals surface area contributed by atoms with Gasteiger partial charge in [-0.25, -0.2) is 9.78 Å². The number of hydrogen-bond acceptors (Lipinski definition) is 7. The molecule has 39 heavy (non-hydrogen) atoms. The van der Waals surface area contributed by atoms with Crippen LogP contribution < -0.4 is 5.32 Å². The first kappa shape index (κ1) is 30.5. The first-order valence-corrected chi connectivity index (χ1v) is 14.5. The number of aliphatic hydroxyl groups excluding tert-OH is 1. The molecule has 8 nitrogen and oxygen atoms in total. The van der Waals surface area contributed by atoms with Crippen LogP contribution >= 0.6 is 11.3 Å². The molecule has 1 aromatic heterocycles. The number of thiazole rings is 1. The van der Waals surface area contributed by atoms with Gasteiger partial charge in [-0.1, -0.05) is 24.6 Å². The number of nitrogens with zero attached hydrogens (tertiary/aromatic N) is 2. The Morgan fingerprint density at radius 1 is 1.03 bits per heavy atom. The van der Waals surface area contributed by atoms with Gasteiger partial charge in [0.1, 0.15) is 0 Å². The summed E-state index contributed by atoms with van der Waals surface area (Å²) < 4.78 is 6.78. The maximum absolute atomic E-state index is 12.9. The molecule has 1 heterocycles. The third-order valence-electron chi connectivity index (χ3n) is 6.97. The van der Waals surface area contributed by atoms with Crippen molar-refractivity contribution in [2.45, 2.75) is 71.0 Å². The Kier molecular flexibility index (Phi) is 12.2. The van der Waals surface area contributed by atoms with Crippen molar-refractivity contribution < 1.29 is 24.5 Å². The third kappa shape index (κ3) is 9.60. The maximum atomic E-state index is 12.9. The molecule has 2 aromatic carbocycles. The number of aryl methyl sites for hydroxylation is 3. The monoisotopic (exact) mass is 555 g/mol. The molecule has 0 spiro atoms. The van der Waals surface area contributed by atoms with Gasteiger partial charge in [-0.3, -0.25) is 4.79 Å². The number of aliphatic hydroxyl groups is 1. The van der Waals surface area contributed by atoms with Gasteiger partial charge in [0, 0.05) is 32.4 Å². The molecule has 0 radical (unpaired) electrons. The Bertz CT molecular complexity index is 1210. The molecule has 0 aliphatic rings. The maximum Gasteiger partial charge on any atom is 0.335 e. The molecule has 0 saturated heterocycles. The predicted molar refractivity (Wildman–Crippen MR) is 156 cm³/mol. The second-order valence-corrected chi connectivity index (χ2v) is 11.0. The molecule has 2 atom stereocenters. The van der Waals surface area contributed by atoms with Crippen LogP contribution in [0.15, 0.2) is 41.9 Å². The number of anilines is 1. The number of rotatable bonds is 17. The smallest absolute Gasteiger partial charge is 0.335 e. The number of benzene rings is 2. The van der Waals surface area contributed by atoms with Crippen molar-refractivity contribution in [1.82, 2.24) is 9.88 Å². The summed E-state index contributed by atoms with van der Waals surface area (Å²) in [5.74, 6) is -1.96. The lowest BCUT2D eigenvalue weighted by Crippen LogP contribution is -2.48. The molecular weight excluding hydrogens is 514 g/mol. The lowest BCUT2D eigenvalue weighted by Gasteiger charge is -2.25. The average molecular weight is 556 g/mol. The molecule has 0 aliphatic heterocycles. The molecule has 9 heteroatoms. The van der Waals surface area contributed by atoms with Crippen molar-refractivity contribution in [1.29, 1.82) is 0 Å². The van der Waals surface area contributed by atoms with Gasteiger partial charge in [0.25, 0.3) is 5.91 Å². The summed E-state index contributed by atoms with van der Waals surface area (Å²) >= 11 is 1.62. The van der Waals surface area contributed by atoms with E-state index in [-0.39, 0.29) is 6.61 Å². The third-order valence-corrected chi connectivity index (χ3v) is 7.78. The van der Waals surface area contributed by atoms with Crippen LogP contribution in [-0.2, 0) is 20.7 Å². The molecule has 0 fully saturated rings. The zero-order chi connectivity index (χ0) is 28.2. The highest BCUT2D eigenvalue weighted by Gasteiger charge is 2.34. The van der Waals surface area contributed by atoms with Gasteiger partial charge in [0.05, 0.1) is 15.7 Å². The number of nitrogens with one attached hydrogen (secondary N) is 1. The van der Waals surface area contributed by atoms with E-state index in [4.69, 9.17) is 4.74 Å². The first-order chi connectivity index (χ1) is 18.8. The number of likely N-dealkylation sites (N-methyl/N-ethyl adjacent to an activating group) is 1. The summed E-state index contributed by atoms with van der Waals surface area (Å²) in [7, 11) is 1.62. The van der Waals surface area contributed by atoms with Crippen LogP contribution in [0.3, 0.4) is 0 Å². The van der Waals surface area contributed by atoms with Crippen molar-refractivity contribution in [2.75, 3.05) is 32.1 Å². The van der Waals surface area contributed by atoms with Gasteiger partial charge in [-0.2, -0.15) is 0 Å². The number of ether oxygens (including phenoxy) is 1. The lowest BCUT2D eigenvalue weighted by molar-refractivity contribution is -0.166. The predicted octanol–water partition coefficient (Wildman–Crippen LogP) is 5.20. The minimum Gasteiger partial charge on any atom is -0.479 e.